The molecule has 3 aromatic rings. The van der Waals surface area contributed by atoms with Gasteiger partial charge < -0.3 is 15.7 Å². The Balaban J connectivity index is 1.96. The minimum absolute atomic E-state index is 0.0224. The molecule has 2 aromatic carbocycles. The fraction of sp³-hybridized carbons (Fsp3) is 0.348. The molecule has 0 spiro atoms. The third-order valence-corrected chi connectivity index (χ3v) is 4.99. The predicted octanol–water partition coefficient (Wildman–Crippen LogP) is 2.62. The number of carbonyl (C=O) groups excluding carboxylic acids is 2. The Kier molecular flexibility index (Phi) is 6.88. The van der Waals surface area contributed by atoms with Crippen LogP contribution in [0, 0.1) is 17.0 Å². The maximum atomic E-state index is 14.0. The van der Waals surface area contributed by atoms with Gasteiger partial charge in [0.25, 0.3) is 5.91 Å². The Labute approximate surface area is 184 Å². The van der Waals surface area contributed by atoms with E-state index in [9.17, 15) is 18.4 Å². The molecule has 0 saturated heterocycles. The second-order valence-corrected chi connectivity index (χ2v) is 8.58. The van der Waals surface area contributed by atoms with Crippen molar-refractivity contribution < 1.29 is 23.5 Å². The average Bonchev–Trinajstić information content (AvgIpc) is 3.08. The topological polar surface area (TPSA) is 96.2 Å². The van der Waals surface area contributed by atoms with Crippen molar-refractivity contribution >= 4 is 22.7 Å². The van der Waals surface area contributed by atoms with Crippen LogP contribution in [0.5, 0.6) is 0 Å². The summed E-state index contributed by atoms with van der Waals surface area (Å²) >= 11 is 0. The van der Waals surface area contributed by atoms with E-state index < -0.39 is 29.1 Å². The summed E-state index contributed by atoms with van der Waals surface area (Å²) in [6.07, 6.45) is 0. The van der Waals surface area contributed by atoms with E-state index in [1.54, 1.807) is 32.9 Å². The lowest BCUT2D eigenvalue weighted by Gasteiger charge is -2.30. The Morgan fingerprint density at radius 1 is 1.09 bits per heavy atom. The van der Waals surface area contributed by atoms with E-state index in [1.807, 2.05) is 0 Å². The summed E-state index contributed by atoms with van der Waals surface area (Å²) in [4.78, 5) is 25.7. The fourth-order valence-corrected chi connectivity index (χ4v) is 3.36. The number of fused-ring (bicyclic) bond motifs is 1. The van der Waals surface area contributed by atoms with E-state index >= 15 is 0 Å². The number of rotatable bonds is 7. The van der Waals surface area contributed by atoms with E-state index in [0.29, 0.717) is 10.9 Å². The highest BCUT2D eigenvalue weighted by Crippen LogP contribution is 2.24. The van der Waals surface area contributed by atoms with Crippen LogP contribution in [-0.4, -0.2) is 45.9 Å². The molecule has 1 aromatic heterocycles. The van der Waals surface area contributed by atoms with Gasteiger partial charge in [0.15, 0.2) is 5.69 Å². The third-order valence-electron chi connectivity index (χ3n) is 4.99. The Bertz CT molecular complexity index is 1120. The zero-order valence-corrected chi connectivity index (χ0v) is 18.2. The van der Waals surface area contributed by atoms with Crippen LogP contribution in [0.2, 0.25) is 0 Å². The highest BCUT2D eigenvalue weighted by atomic mass is 19.1. The van der Waals surface area contributed by atoms with Crippen LogP contribution in [0.25, 0.3) is 10.9 Å². The number of aromatic nitrogens is 2. The van der Waals surface area contributed by atoms with Crippen molar-refractivity contribution in [3.05, 3.63) is 65.4 Å². The van der Waals surface area contributed by atoms with Gasteiger partial charge in [-0.1, -0.05) is 32.9 Å². The molecule has 2 amide bonds. The van der Waals surface area contributed by atoms with Crippen LogP contribution in [0.4, 0.5) is 8.78 Å². The van der Waals surface area contributed by atoms with Gasteiger partial charge in [-0.05, 0) is 41.3 Å². The largest absolute Gasteiger partial charge is 0.395 e. The quantitative estimate of drug-likeness (QED) is 0.522. The maximum absolute atomic E-state index is 14.0. The molecule has 1 unspecified atom stereocenters. The van der Waals surface area contributed by atoms with Crippen molar-refractivity contribution in [3.63, 3.8) is 0 Å². The number of carbonyl (C=O) groups is 2. The molecule has 0 aliphatic heterocycles. The van der Waals surface area contributed by atoms with Gasteiger partial charge in [-0.25, -0.2) is 8.78 Å². The van der Waals surface area contributed by atoms with Gasteiger partial charge in [-0.2, -0.15) is 5.10 Å². The van der Waals surface area contributed by atoms with Crippen LogP contribution < -0.4 is 10.6 Å². The Hall–Kier alpha value is -3.33. The van der Waals surface area contributed by atoms with Crippen molar-refractivity contribution in [2.45, 2.75) is 33.4 Å². The molecule has 0 bridgehead atoms. The smallest absolute Gasteiger partial charge is 0.273 e. The number of aliphatic hydroxyl groups is 1. The number of hydrogen-bond acceptors (Lipinski definition) is 4. The minimum atomic E-state index is -0.910. The Morgan fingerprint density at radius 2 is 1.75 bits per heavy atom. The normalized spacial score (nSPS) is 12.6. The zero-order valence-electron chi connectivity index (χ0n) is 18.2. The van der Waals surface area contributed by atoms with Gasteiger partial charge in [0.05, 0.1) is 18.7 Å². The molecular formula is C23H26F2N4O3. The van der Waals surface area contributed by atoms with Crippen LogP contribution >= 0.6 is 0 Å². The fourth-order valence-electron chi connectivity index (χ4n) is 3.36. The van der Waals surface area contributed by atoms with Crippen LogP contribution in [0.1, 0.15) is 36.8 Å². The molecule has 170 valence electrons. The lowest BCUT2D eigenvalue weighted by atomic mass is 9.86. The second kappa shape index (κ2) is 9.44. The highest BCUT2D eigenvalue weighted by molar-refractivity contribution is 6.06. The summed E-state index contributed by atoms with van der Waals surface area (Å²) in [7, 11) is 0. The maximum Gasteiger partial charge on any atom is 0.273 e. The number of halogens is 2. The summed E-state index contributed by atoms with van der Waals surface area (Å²) in [6.45, 7) is 5.45. The molecule has 0 saturated carbocycles. The number of amides is 2. The summed E-state index contributed by atoms with van der Waals surface area (Å²) in [6, 6.07) is 8.96. The van der Waals surface area contributed by atoms with Gasteiger partial charge >= 0.3 is 0 Å². The molecule has 3 N–H and O–H groups in total. The first-order valence-electron chi connectivity index (χ1n) is 10.2. The van der Waals surface area contributed by atoms with E-state index in [-0.39, 0.29) is 31.2 Å². The summed E-state index contributed by atoms with van der Waals surface area (Å²) in [5.41, 5.74) is 0.624. The SMILES string of the molecule is CC(C)(C)C(NC(=O)c1nn(Cc2ccc(F)cc2)c2ccc(F)cc12)C(=O)NCCO. The first-order valence-corrected chi connectivity index (χ1v) is 10.2. The van der Waals surface area contributed by atoms with Gasteiger partial charge in [0.1, 0.15) is 17.7 Å². The van der Waals surface area contributed by atoms with Gasteiger partial charge in [-0.3, -0.25) is 14.3 Å². The van der Waals surface area contributed by atoms with Crippen LogP contribution in [0.15, 0.2) is 42.5 Å². The molecule has 9 heteroatoms. The van der Waals surface area contributed by atoms with Gasteiger partial charge in [0, 0.05) is 11.9 Å². The van der Waals surface area contributed by atoms with E-state index in [1.165, 1.54) is 35.0 Å². The van der Waals surface area contributed by atoms with Crippen LogP contribution in [-0.2, 0) is 11.3 Å². The summed E-state index contributed by atoms with van der Waals surface area (Å²) in [5.74, 6) is -1.96. The molecule has 0 aliphatic carbocycles. The van der Waals surface area contributed by atoms with Crippen LogP contribution in [0.3, 0.4) is 0 Å². The molecule has 0 aliphatic rings. The highest BCUT2D eigenvalue weighted by Gasteiger charge is 2.34. The second-order valence-electron chi connectivity index (χ2n) is 8.58. The number of benzene rings is 2. The first-order chi connectivity index (χ1) is 15.1. The van der Waals surface area contributed by atoms with Gasteiger partial charge in [-0.15, -0.1) is 0 Å². The van der Waals surface area contributed by atoms with Crippen molar-refractivity contribution in [2.24, 2.45) is 5.41 Å². The zero-order chi connectivity index (χ0) is 23.5. The van der Waals surface area contributed by atoms with E-state index in [2.05, 4.69) is 15.7 Å². The molecule has 0 radical (unpaired) electrons. The average molecular weight is 444 g/mol. The van der Waals surface area contributed by atoms with Gasteiger partial charge in [0.2, 0.25) is 5.91 Å². The van der Waals surface area contributed by atoms with E-state index in [4.69, 9.17) is 5.11 Å². The monoisotopic (exact) mass is 444 g/mol. The number of nitrogens with one attached hydrogen (secondary N) is 2. The summed E-state index contributed by atoms with van der Waals surface area (Å²) < 4.78 is 28.7. The van der Waals surface area contributed by atoms with E-state index in [0.717, 1.165) is 5.56 Å². The molecule has 7 nitrogen and oxygen atoms in total. The minimum Gasteiger partial charge on any atom is -0.395 e. The lowest BCUT2D eigenvalue weighted by Crippen LogP contribution is -2.54. The first kappa shape index (κ1) is 23.3. The summed E-state index contributed by atoms with van der Waals surface area (Å²) in [5, 5.41) is 18.9. The number of nitrogens with zero attached hydrogens (tertiary/aromatic N) is 2. The molecule has 1 atom stereocenters. The Morgan fingerprint density at radius 3 is 2.38 bits per heavy atom. The van der Waals surface area contributed by atoms with Crippen molar-refractivity contribution in [1.29, 1.82) is 0 Å². The lowest BCUT2D eigenvalue weighted by molar-refractivity contribution is -0.125. The van der Waals surface area contributed by atoms with Crippen molar-refractivity contribution in [2.75, 3.05) is 13.2 Å². The van der Waals surface area contributed by atoms with Crippen molar-refractivity contribution in [1.82, 2.24) is 20.4 Å². The third kappa shape index (κ3) is 5.28. The molecular weight excluding hydrogens is 418 g/mol. The number of hydrogen-bond donors (Lipinski definition) is 3. The number of aliphatic hydroxyl groups excluding tert-OH is 1. The molecule has 1 heterocycles. The standard InChI is InChI=1S/C23H26F2N4O3/c1-23(2,3)20(22(32)26-10-11-30)27-21(31)19-17-12-16(25)8-9-18(17)29(28-19)13-14-4-6-15(24)7-5-14/h4-9,12,20,30H,10-11,13H2,1-3H3,(H,26,32)(H,27,31). The molecule has 32 heavy (non-hydrogen) atoms. The predicted molar refractivity (Wildman–Crippen MR) is 116 cm³/mol. The molecule has 3 rings (SSSR count). The molecule has 0 fully saturated rings. The van der Waals surface area contributed by atoms with Crippen molar-refractivity contribution in [3.8, 4) is 0 Å².